The van der Waals surface area contributed by atoms with Crippen molar-refractivity contribution in [1.82, 2.24) is 9.55 Å². The summed E-state index contributed by atoms with van der Waals surface area (Å²) in [6.45, 7) is 5.05. The highest BCUT2D eigenvalue weighted by molar-refractivity contribution is 6.42. The lowest BCUT2D eigenvalue weighted by Gasteiger charge is -2.09. The molecule has 0 aliphatic carbocycles. The maximum Gasteiger partial charge on any atom is 0.207 e. The van der Waals surface area contributed by atoms with Gasteiger partial charge in [0.15, 0.2) is 0 Å². The molecule has 2 rings (SSSR count). The summed E-state index contributed by atoms with van der Waals surface area (Å²) in [7, 11) is 0. The third kappa shape index (κ3) is 2.98. The molecule has 0 fully saturated rings. The van der Waals surface area contributed by atoms with Crippen LogP contribution in [-0.4, -0.2) is 9.55 Å². The van der Waals surface area contributed by atoms with Gasteiger partial charge < -0.3 is 9.88 Å². The van der Waals surface area contributed by atoms with Crippen LogP contribution in [0.2, 0.25) is 10.0 Å². The van der Waals surface area contributed by atoms with Crippen LogP contribution in [-0.2, 0) is 6.54 Å². The summed E-state index contributed by atoms with van der Waals surface area (Å²) in [5.74, 6) is 0.827. The van der Waals surface area contributed by atoms with Crippen LogP contribution >= 0.6 is 23.2 Å². The maximum absolute atomic E-state index is 5.99. The highest BCUT2D eigenvalue weighted by Gasteiger charge is 2.06. The number of hydrogen-bond donors (Lipinski definition) is 1. The van der Waals surface area contributed by atoms with Crippen LogP contribution in [0.4, 0.5) is 11.6 Å². The number of rotatable bonds is 4. The van der Waals surface area contributed by atoms with Gasteiger partial charge in [-0.3, -0.25) is 0 Å². The van der Waals surface area contributed by atoms with Crippen molar-refractivity contribution in [2.45, 2.75) is 26.8 Å². The summed E-state index contributed by atoms with van der Waals surface area (Å²) < 4.78 is 2.10. The van der Waals surface area contributed by atoms with E-state index in [-0.39, 0.29) is 0 Å². The molecule has 0 bridgehead atoms. The van der Waals surface area contributed by atoms with Crippen LogP contribution in [0.5, 0.6) is 0 Å². The monoisotopic (exact) mass is 283 g/mol. The van der Waals surface area contributed by atoms with Gasteiger partial charge in [-0.1, -0.05) is 30.1 Å². The minimum absolute atomic E-state index is 0.534. The Morgan fingerprint density at radius 2 is 2.06 bits per heavy atom. The zero-order chi connectivity index (χ0) is 13.1. The summed E-state index contributed by atoms with van der Waals surface area (Å²) in [5.41, 5.74) is 1.87. The fourth-order valence-corrected chi connectivity index (χ4v) is 2.06. The third-order valence-corrected chi connectivity index (χ3v) is 3.28. The Kier molecular flexibility index (Phi) is 4.15. The number of aromatic nitrogens is 2. The van der Waals surface area contributed by atoms with Crippen molar-refractivity contribution < 1.29 is 0 Å². The zero-order valence-corrected chi connectivity index (χ0v) is 11.9. The molecule has 0 spiro atoms. The molecule has 2 aromatic rings. The molecule has 0 unspecified atom stereocenters. The number of nitrogens with one attached hydrogen (secondary N) is 1. The Balaban J connectivity index is 2.24. The predicted octanol–water partition coefficient (Wildman–Crippen LogP) is 4.65. The Bertz CT molecular complexity index is 549. The first-order valence-electron chi connectivity index (χ1n) is 5.86. The number of nitrogens with zero attached hydrogens (tertiary/aromatic N) is 2. The van der Waals surface area contributed by atoms with Crippen LogP contribution in [0.15, 0.2) is 24.4 Å². The number of imidazole rings is 1. The minimum atomic E-state index is 0.534. The van der Waals surface area contributed by atoms with Gasteiger partial charge in [0.2, 0.25) is 5.95 Å². The number of anilines is 2. The molecule has 0 aliphatic heterocycles. The molecule has 0 saturated carbocycles. The predicted molar refractivity (Wildman–Crippen MR) is 77.0 cm³/mol. The molecule has 0 amide bonds. The smallest absolute Gasteiger partial charge is 0.207 e. The van der Waals surface area contributed by atoms with E-state index < -0.39 is 0 Å². The van der Waals surface area contributed by atoms with E-state index in [9.17, 15) is 0 Å². The number of hydrogen-bond acceptors (Lipinski definition) is 2. The summed E-state index contributed by atoms with van der Waals surface area (Å²) in [6.07, 6.45) is 3.09. The van der Waals surface area contributed by atoms with Gasteiger partial charge in [0.05, 0.1) is 15.7 Å². The molecule has 5 heteroatoms. The van der Waals surface area contributed by atoms with E-state index in [0.717, 1.165) is 30.3 Å². The summed E-state index contributed by atoms with van der Waals surface area (Å²) in [4.78, 5) is 4.45. The van der Waals surface area contributed by atoms with E-state index in [2.05, 4.69) is 21.8 Å². The number of halogens is 2. The standard InChI is InChI=1S/C13H15Cl2N3/c1-3-6-18-8-9(2)16-13(18)17-10-4-5-11(14)12(15)7-10/h4-5,7-8H,3,6H2,1-2H3,(H,16,17). The second kappa shape index (κ2) is 5.63. The Labute approximate surface area is 117 Å². The van der Waals surface area contributed by atoms with Gasteiger partial charge in [-0.15, -0.1) is 0 Å². The van der Waals surface area contributed by atoms with E-state index in [1.807, 2.05) is 19.2 Å². The fourth-order valence-electron chi connectivity index (χ4n) is 1.76. The van der Waals surface area contributed by atoms with Gasteiger partial charge in [0.1, 0.15) is 0 Å². The van der Waals surface area contributed by atoms with Gasteiger partial charge in [-0.05, 0) is 31.5 Å². The lowest BCUT2D eigenvalue weighted by atomic mass is 10.3. The van der Waals surface area contributed by atoms with Crippen molar-refractivity contribution >= 4 is 34.8 Å². The van der Waals surface area contributed by atoms with Crippen LogP contribution in [0.25, 0.3) is 0 Å². The van der Waals surface area contributed by atoms with Gasteiger partial charge in [0.25, 0.3) is 0 Å². The third-order valence-electron chi connectivity index (χ3n) is 2.54. The lowest BCUT2D eigenvalue weighted by Crippen LogP contribution is -2.02. The molecule has 1 heterocycles. The molecule has 0 radical (unpaired) electrons. The largest absolute Gasteiger partial charge is 0.326 e. The van der Waals surface area contributed by atoms with E-state index in [0.29, 0.717) is 10.0 Å². The first-order valence-corrected chi connectivity index (χ1v) is 6.61. The average molecular weight is 284 g/mol. The first-order chi connectivity index (χ1) is 8.60. The SMILES string of the molecule is CCCn1cc(C)nc1Nc1ccc(Cl)c(Cl)c1. The second-order valence-electron chi connectivity index (χ2n) is 4.15. The molecule has 3 nitrogen and oxygen atoms in total. The maximum atomic E-state index is 5.99. The van der Waals surface area contributed by atoms with Crippen molar-refractivity contribution in [3.05, 3.63) is 40.1 Å². The van der Waals surface area contributed by atoms with Crippen LogP contribution in [0, 0.1) is 6.92 Å². The zero-order valence-electron chi connectivity index (χ0n) is 10.4. The van der Waals surface area contributed by atoms with Gasteiger partial charge in [0, 0.05) is 18.4 Å². The van der Waals surface area contributed by atoms with Gasteiger partial charge in [-0.2, -0.15) is 0 Å². The molecule has 1 aromatic heterocycles. The van der Waals surface area contributed by atoms with E-state index in [1.54, 1.807) is 12.1 Å². The number of aryl methyl sites for hydroxylation is 2. The summed E-state index contributed by atoms with van der Waals surface area (Å²) in [5, 5.41) is 4.34. The molecule has 0 aliphatic rings. The van der Waals surface area contributed by atoms with Crippen molar-refractivity contribution in [1.29, 1.82) is 0 Å². The van der Waals surface area contributed by atoms with Crippen molar-refractivity contribution in [2.75, 3.05) is 5.32 Å². The Morgan fingerprint density at radius 3 is 2.72 bits per heavy atom. The summed E-state index contributed by atoms with van der Waals surface area (Å²) >= 11 is 11.9. The first kappa shape index (κ1) is 13.2. The Hall–Kier alpha value is -1.19. The van der Waals surface area contributed by atoms with Crippen molar-refractivity contribution in [2.24, 2.45) is 0 Å². The molecule has 1 aromatic carbocycles. The van der Waals surface area contributed by atoms with E-state index in [4.69, 9.17) is 23.2 Å². The average Bonchev–Trinajstić information content (AvgIpc) is 2.65. The van der Waals surface area contributed by atoms with Gasteiger partial charge >= 0.3 is 0 Å². The minimum Gasteiger partial charge on any atom is -0.326 e. The van der Waals surface area contributed by atoms with Crippen LogP contribution in [0.1, 0.15) is 19.0 Å². The van der Waals surface area contributed by atoms with Gasteiger partial charge in [-0.25, -0.2) is 4.98 Å². The second-order valence-corrected chi connectivity index (χ2v) is 4.97. The van der Waals surface area contributed by atoms with Crippen LogP contribution < -0.4 is 5.32 Å². The molecule has 0 atom stereocenters. The summed E-state index contributed by atoms with van der Waals surface area (Å²) in [6, 6.07) is 5.45. The fraction of sp³-hybridized carbons (Fsp3) is 0.308. The molecule has 18 heavy (non-hydrogen) atoms. The molecule has 1 N–H and O–H groups in total. The van der Waals surface area contributed by atoms with Crippen molar-refractivity contribution in [3.63, 3.8) is 0 Å². The quantitative estimate of drug-likeness (QED) is 0.885. The Morgan fingerprint density at radius 1 is 1.28 bits per heavy atom. The number of benzene rings is 1. The molecular formula is C13H15Cl2N3. The topological polar surface area (TPSA) is 29.9 Å². The molecule has 96 valence electrons. The van der Waals surface area contributed by atoms with Crippen molar-refractivity contribution in [3.8, 4) is 0 Å². The highest BCUT2D eigenvalue weighted by atomic mass is 35.5. The molecular weight excluding hydrogens is 269 g/mol. The normalized spacial score (nSPS) is 10.7. The van der Waals surface area contributed by atoms with E-state index >= 15 is 0 Å². The lowest BCUT2D eigenvalue weighted by molar-refractivity contribution is 0.686. The van der Waals surface area contributed by atoms with E-state index in [1.165, 1.54) is 0 Å². The van der Waals surface area contributed by atoms with Crippen LogP contribution in [0.3, 0.4) is 0 Å². The highest BCUT2D eigenvalue weighted by Crippen LogP contribution is 2.26. The molecule has 0 saturated heterocycles.